The van der Waals surface area contributed by atoms with E-state index in [1.54, 1.807) is 0 Å². The number of halogens is 1. The molecule has 1 N–H and O–H groups in total. The second-order valence-corrected chi connectivity index (χ2v) is 4.05. The molecular weight excluding hydrogens is 230 g/mol. The molecule has 5 heteroatoms. The van der Waals surface area contributed by atoms with Gasteiger partial charge in [-0.2, -0.15) is 0 Å². The molecule has 0 spiro atoms. The van der Waals surface area contributed by atoms with Gasteiger partial charge in [0.25, 0.3) is 0 Å². The van der Waals surface area contributed by atoms with E-state index >= 15 is 0 Å². The van der Waals surface area contributed by atoms with Gasteiger partial charge < -0.3 is 9.47 Å². The summed E-state index contributed by atoms with van der Waals surface area (Å²) in [6.07, 6.45) is 6.62. The molecule has 16 heavy (non-hydrogen) atoms. The average Bonchev–Trinajstić information content (AvgIpc) is 2.18. The van der Waals surface area contributed by atoms with Crippen molar-refractivity contribution in [2.45, 2.75) is 45.4 Å². The standard InChI is InChI=1S/C11H19NO3.ClH/c1-9(12)15-11(13)14-8-7-10-5-3-2-4-6-10;/h10,12H,2-8H2,1H3;1H. The second kappa shape index (κ2) is 8.39. The van der Waals surface area contributed by atoms with Crippen LogP contribution in [0.3, 0.4) is 0 Å². The summed E-state index contributed by atoms with van der Waals surface area (Å²) in [5.74, 6) is 0.574. The first-order chi connectivity index (χ1) is 7.18. The van der Waals surface area contributed by atoms with Crippen molar-refractivity contribution in [1.82, 2.24) is 0 Å². The number of carbonyl (C=O) groups is 1. The van der Waals surface area contributed by atoms with Crippen LogP contribution < -0.4 is 0 Å². The SMILES string of the molecule is CC(=N)OC(=O)OCCC1CCCCC1.Cl. The minimum Gasteiger partial charge on any atom is -0.434 e. The van der Waals surface area contributed by atoms with Crippen LogP contribution >= 0.6 is 12.4 Å². The molecule has 1 aliphatic carbocycles. The molecule has 0 saturated heterocycles. The zero-order chi connectivity index (χ0) is 11.1. The highest BCUT2D eigenvalue weighted by Crippen LogP contribution is 2.26. The third-order valence-electron chi connectivity index (χ3n) is 2.71. The fourth-order valence-corrected chi connectivity index (χ4v) is 1.94. The minimum absolute atomic E-state index is 0. The molecule has 0 aromatic carbocycles. The summed E-state index contributed by atoms with van der Waals surface area (Å²) in [4.78, 5) is 10.9. The molecule has 0 heterocycles. The minimum atomic E-state index is -0.752. The first-order valence-electron chi connectivity index (χ1n) is 5.58. The topological polar surface area (TPSA) is 59.4 Å². The first kappa shape index (κ1) is 15.2. The molecule has 0 aromatic rings. The summed E-state index contributed by atoms with van der Waals surface area (Å²) in [6.45, 7) is 1.82. The van der Waals surface area contributed by atoms with Gasteiger partial charge in [0.1, 0.15) is 0 Å². The maximum absolute atomic E-state index is 10.9. The smallest absolute Gasteiger partial charge is 0.434 e. The first-order valence-corrected chi connectivity index (χ1v) is 5.58. The lowest BCUT2D eigenvalue weighted by Crippen LogP contribution is -2.14. The number of ether oxygens (including phenoxy) is 2. The molecule has 0 radical (unpaired) electrons. The summed E-state index contributed by atoms with van der Waals surface area (Å²) in [5.41, 5.74) is 0. The van der Waals surface area contributed by atoms with Crippen LogP contribution in [-0.4, -0.2) is 18.7 Å². The third kappa shape index (κ3) is 6.67. The Morgan fingerprint density at radius 2 is 1.94 bits per heavy atom. The van der Waals surface area contributed by atoms with Gasteiger partial charge in [-0.15, -0.1) is 12.4 Å². The fraction of sp³-hybridized carbons (Fsp3) is 0.818. The summed E-state index contributed by atoms with van der Waals surface area (Å²) in [6, 6.07) is 0. The van der Waals surface area contributed by atoms with Crippen LogP contribution in [0.4, 0.5) is 4.79 Å². The van der Waals surface area contributed by atoms with E-state index in [-0.39, 0.29) is 18.3 Å². The van der Waals surface area contributed by atoms with Gasteiger partial charge >= 0.3 is 6.16 Å². The van der Waals surface area contributed by atoms with E-state index in [1.165, 1.54) is 39.0 Å². The Morgan fingerprint density at radius 1 is 1.31 bits per heavy atom. The summed E-state index contributed by atoms with van der Waals surface area (Å²) < 4.78 is 9.32. The molecule has 0 bridgehead atoms. The van der Waals surface area contributed by atoms with Crippen molar-refractivity contribution in [3.8, 4) is 0 Å². The molecular formula is C11H20ClNO3. The number of hydrogen-bond donors (Lipinski definition) is 1. The Morgan fingerprint density at radius 3 is 2.50 bits per heavy atom. The highest BCUT2D eigenvalue weighted by molar-refractivity contribution is 5.85. The van der Waals surface area contributed by atoms with Crippen LogP contribution in [0, 0.1) is 11.3 Å². The Bertz CT molecular complexity index is 227. The lowest BCUT2D eigenvalue weighted by molar-refractivity contribution is 0.0871. The number of nitrogens with one attached hydrogen (secondary N) is 1. The predicted molar refractivity (Wildman–Crippen MR) is 64.3 cm³/mol. The van der Waals surface area contributed by atoms with E-state index in [1.807, 2.05) is 0 Å². The second-order valence-electron chi connectivity index (χ2n) is 4.05. The fourth-order valence-electron chi connectivity index (χ4n) is 1.94. The van der Waals surface area contributed by atoms with Crippen LogP contribution in [0.25, 0.3) is 0 Å². The molecule has 0 aromatic heterocycles. The van der Waals surface area contributed by atoms with Gasteiger partial charge in [-0.05, 0) is 12.3 Å². The molecule has 4 nitrogen and oxygen atoms in total. The molecule has 94 valence electrons. The zero-order valence-corrected chi connectivity index (χ0v) is 10.5. The largest absolute Gasteiger partial charge is 0.514 e. The third-order valence-corrected chi connectivity index (χ3v) is 2.71. The van der Waals surface area contributed by atoms with E-state index in [0.29, 0.717) is 12.5 Å². The lowest BCUT2D eigenvalue weighted by atomic mass is 9.87. The van der Waals surface area contributed by atoms with Crippen LogP contribution in [0.5, 0.6) is 0 Å². The Kier molecular flexibility index (Phi) is 7.99. The summed E-state index contributed by atoms with van der Waals surface area (Å²) in [7, 11) is 0. The summed E-state index contributed by atoms with van der Waals surface area (Å²) in [5, 5.41) is 6.93. The Labute approximate surface area is 103 Å². The summed E-state index contributed by atoms with van der Waals surface area (Å²) >= 11 is 0. The highest BCUT2D eigenvalue weighted by Gasteiger charge is 2.14. The van der Waals surface area contributed by atoms with Gasteiger partial charge in [0.2, 0.25) is 0 Å². The molecule has 1 rings (SSSR count). The lowest BCUT2D eigenvalue weighted by Gasteiger charge is -2.20. The van der Waals surface area contributed by atoms with Gasteiger partial charge in [-0.1, -0.05) is 32.1 Å². The molecule has 1 fully saturated rings. The zero-order valence-electron chi connectivity index (χ0n) is 9.66. The number of hydrogen-bond acceptors (Lipinski definition) is 4. The predicted octanol–water partition coefficient (Wildman–Crippen LogP) is 3.53. The van der Waals surface area contributed by atoms with E-state index in [4.69, 9.17) is 10.1 Å². The number of rotatable bonds is 3. The van der Waals surface area contributed by atoms with Crippen LogP contribution in [0.2, 0.25) is 0 Å². The van der Waals surface area contributed by atoms with Crippen molar-refractivity contribution in [3.63, 3.8) is 0 Å². The van der Waals surface area contributed by atoms with Gasteiger partial charge in [0.15, 0.2) is 5.90 Å². The van der Waals surface area contributed by atoms with E-state index in [2.05, 4.69) is 4.74 Å². The molecule has 1 aliphatic rings. The normalized spacial score (nSPS) is 16.1. The van der Waals surface area contributed by atoms with Crippen molar-refractivity contribution in [3.05, 3.63) is 0 Å². The maximum atomic E-state index is 10.9. The van der Waals surface area contributed by atoms with Gasteiger partial charge in [-0.25, -0.2) is 4.79 Å². The quantitative estimate of drug-likeness (QED) is 0.473. The van der Waals surface area contributed by atoms with Crippen molar-refractivity contribution in [1.29, 1.82) is 5.41 Å². The molecule has 0 unspecified atom stereocenters. The van der Waals surface area contributed by atoms with Gasteiger partial charge in [0, 0.05) is 6.92 Å². The Hall–Kier alpha value is -0.770. The molecule has 0 atom stereocenters. The molecule has 0 amide bonds. The van der Waals surface area contributed by atoms with E-state index in [0.717, 1.165) is 6.42 Å². The van der Waals surface area contributed by atoms with Crippen molar-refractivity contribution in [2.24, 2.45) is 5.92 Å². The maximum Gasteiger partial charge on any atom is 0.514 e. The van der Waals surface area contributed by atoms with Crippen LogP contribution in [-0.2, 0) is 9.47 Å². The molecule has 1 saturated carbocycles. The van der Waals surface area contributed by atoms with Gasteiger partial charge in [0.05, 0.1) is 6.61 Å². The number of carbonyl (C=O) groups excluding carboxylic acids is 1. The van der Waals surface area contributed by atoms with Crippen LogP contribution in [0.1, 0.15) is 45.4 Å². The van der Waals surface area contributed by atoms with E-state index < -0.39 is 6.16 Å². The molecule has 0 aliphatic heterocycles. The Balaban J connectivity index is 0.00000225. The van der Waals surface area contributed by atoms with Crippen LogP contribution in [0.15, 0.2) is 0 Å². The van der Waals surface area contributed by atoms with Crippen molar-refractivity contribution < 1.29 is 14.3 Å². The highest BCUT2D eigenvalue weighted by atomic mass is 35.5. The average molecular weight is 250 g/mol. The van der Waals surface area contributed by atoms with Gasteiger partial charge in [-0.3, -0.25) is 5.41 Å². The van der Waals surface area contributed by atoms with Crippen molar-refractivity contribution in [2.75, 3.05) is 6.61 Å². The monoisotopic (exact) mass is 249 g/mol. The van der Waals surface area contributed by atoms with Crippen molar-refractivity contribution >= 4 is 24.5 Å². The van der Waals surface area contributed by atoms with E-state index in [9.17, 15) is 4.79 Å².